The Morgan fingerprint density at radius 3 is 2.14 bits per heavy atom. The van der Waals surface area contributed by atoms with E-state index < -0.39 is 65.7 Å². The second-order valence-electron chi connectivity index (χ2n) is 5.98. The number of nitrogens with two attached hydrogens (primary N) is 1. The van der Waals surface area contributed by atoms with Crippen LogP contribution in [0.5, 0.6) is 0 Å². The molecule has 0 aromatic rings. The van der Waals surface area contributed by atoms with Gasteiger partial charge in [-0.05, 0) is 6.42 Å². The number of amides is 1. The van der Waals surface area contributed by atoms with Crippen molar-refractivity contribution in [3.63, 3.8) is 0 Å². The van der Waals surface area contributed by atoms with Crippen LogP contribution in [0.25, 0.3) is 0 Å². The first-order chi connectivity index (χ1) is 13.5. The minimum absolute atomic E-state index is 0.148. The number of hydrogen-bond donors (Lipinski definition) is 5. The Hall–Kier alpha value is -2.67. The minimum atomic E-state index is -1.32. The second-order valence-corrected chi connectivity index (χ2v) is 7.21. The molecule has 0 bridgehead atoms. The minimum Gasteiger partial charge on any atom is -0.480 e. The lowest BCUT2D eigenvalue weighted by atomic mass is 9.99. The number of aliphatic carboxylic acids is 3. The monoisotopic (exact) mass is 436 g/mol. The van der Waals surface area contributed by atoms with Crippen LogP contribution >= 0.6 is 11.8 Å². The number of hydrogen-bond acceptors (Lipinski definition) is 9. The van der Waals surface area contributed by atoms with E-state index in [0.717, 1.165) is 18.9 Å². The van der Waals surface area contributed by atoms with Crippen molar-refractivity contribution in [2.75, 3.05) is 19.4 Å². The van der Waals surface area contributed by atoms with Crippen molar-refractivity contribution < 1.29 is 48.8 Å². The molecular formula is C16H24N2O10S. The predicted octanol–water partition coefficient (Wildman–Crippen LogP) is -1.30. The van der Waals surface area contributed by atoms with Gasteiger partial charge in [-0.3, -0.25) is 28.8 Å². The first kappa shape index (κ1) is 26.3. The van der Waals surface area contributed by atoms with Crippen LogP contribution in [0.3, 0.4) is 0 Å². The van der Waals surface area contributed by atoms with Gasteiger partial charge < -0.3 is 31.1 Å². The van der Waals surface area contributed by atoms with Crippen molar-refractivity contribution >= 4 is 47.3 Å². The molecule has 12 nitrogen and oxygen atoms in total. The normalized spacial score (nSPS) is 13.6. The molecule has 0 aliphatic rings. The van der Waals surface area contributed by atoms with Gasteiger partial charge in [0.15, 0.2) is 0 Å². The van der Waals surface area contributed by atoms with Gasteiger partial charge in [0.05, 0.1) is 19.4 Å². The predicted molar refractivity (Wildman–Crippen MR) is 99.1 cm³/mol. The molecule has 0 aromatic heterocycles. The molecule has 29 heavy (non-hydrogen) atoms. The maximum Gasteiger partial charge on any atom is 0.322 e. The number of nitrogens with one attached hydrogen (secondary N) is 1. The number of carbonyl (C=O) groups excluding carboxylic acids is 3. The summed E-state index contributed by atoms with van der Waals surface area (Å²) in [6, 6.07) is -1.25. The first-order valence-corrected chi connectivity index (χ1v) is 9.43. The maximum atomic E-state index is 12.2. The van der Waals surface area contributed by atoms with Crippen LogP contribution < -0.4 is 11.1 Å². The van der Waals surface area contributed by atoms with E-state index in [1.54, 1.807) is 0 Å². The van der Waals surface area contributed by atoms with Crippen molar-refractivity contribution in [1.82, 2.24) is 5.32 Å². The molecule has 6 N–H and O–H groups in total. The van der Waals surface area contributed by atoms with E-state index in [1.807, 2.05) is 0 Å². The van der Waals surface area contributed by atoms with E-state index in [-0.39, 0.29) is 25.0 Å². The lowest BCUT2D eigenvalue weighted by Crippen LogP contribution is -2.37. The molecule has 0 saturated heterocycles. The highest BCUT2D eigenvalue weighted by Gasteiger charge is 2.28. The summed E-state index contributed by atoms with van der Waals surface area (Å²) in [5, 5.41) is 27.4. The third kappa shape index (κ3) is 11.7. The van der Waals surface area contributed by atoms with Crippen LogP contribution in [-0.2, 0) is 33.5 Å². The second kappa shape index (κ2) is 13.5. The Bertz CT molecular complexity index is 639. The molecule has 0 fully saturated rings. The Morgan fingerprint density at radius 1 is 1.03 bits per heavy atom. The number of thioether (sulfide) groups is 1. The summed E-state index contributed by atoms with van der Waals surface area (Å²) in [5.74, 6) is -7.20. The summed E-state index contributed by atoms with van der Waals surface area (Å²) < 4.78 is 4.41. The average Bonchev–Trinajstić information content (AvgIpc) is 2.65. The van der Waals surface area contributed by atoms with Crippen molar-refractivity contribution in [3.05, 3.63) is 0 Å². The zero-order chi connectivity index (χ0) is 22.6. The molecule has 0 aliphatic carbocycles. The van der Waals surface area contributed by atoms with E-state index in [9.17, 15) is 33.9 Å². The highest BCUT2D eigenvalue weighted by molar-refractivity contribution is 8.00. The molecule has 0 saturated carbocycles. The summed E-state index contributed by atoms with van der Waals surface area (Å²) in [6.07, 6.45) is -1.19. The van der Waals surface area contributed by atoms with Crippen molar-refractivity contribution in [2.45, 2.75) is 37.0 Å². The summed E-state index contributed by atoms with van der Waals surface area (Å²) in [4.78, 5) is 68.2. The van der Waals surface area contributed by atoms with Gasteiger partial charge in [-0.15, -0.1) is 11.8 Å². The highest BCUT2D eigenvalue weighted by atomic mass is 32.2. The number of ketones is 1. The standard InChI is InChI=1S/C16H24N2O10S/c1-28-13(22)5-11(16(26)27)29-7-8(14(23)18-6-12(20)21)4-9(19)2-3-10(17)15(24)25/h8,10-11H,2-7,17H2,1H3,(H,18,23)(H,20,21)(H,24,25)(H,26,27)/t8-,10-,11+/m0/s1. The third-order valence-corrected chi connectivity index (χ3v) is 5.03. The molecule has 3 atom stereocenters. The molecule has 0 aliphatic heterocycles. The SMILES string of the molecule is COC(=O)C[C@@H](SC[C@H](CC(=O)CC[C@H](N)C(=O)O)C(=O)NCC(=O)O)C(=O)O. The summed E-state index contributed by atoms with van der Waals surface area (Å²) in [6.45, 7) is -0.692. The molecule has 0 spiro atoms. The zero-order valence-electron chi connectivity index (χ0n) is 15.7. The maximum absolute atomic E-state index is 12.2. The molecule has 0 aromatic carbocycles. The molecule has 0 rings (SSSR count). The summed E-state index contributed by atoms with van der Waals surface area (Å²) in [5.41, 5.74) is 5.32. The summed E-state index contributed by atoms with van der Waals surface area (Å²) >= 11 is 0.736. The Labute approximate surface area is 170 Å². The smallest absolute Gasteiger partial charge is 0.322 e. The van der Waals surface area contributed by atoms with Crippen molar-refractivity contribution in [1.29, 1.82) is 0 Å². The van der Waals surface area contributed by atoms with Crippen molar-refractivity contribution in [3.8, 4) is 0 Å². The average molecular weight is 436 g/mol. The van der Waals surface area contributed by atoms with E-state index in [1.165, 1.54) is 0 Å². The van der Waals surface area contributed by atoms with Crippen LogP contribution in [0.4, 0.5) is 0 Å². The molecule has 13 heteroatoms. The molecule has 164 valence electrons. The van der Waals surface area contributed by atoms with Gasteiger partial charge in [0.1, 0.15) is 23.6 Å². The fraction of sp³-hybridized carbons (Fsp3) is 0.625. The molecular weight excluding hydrogens is 412 g/mol. The number of ether oxygens (including phenoxy) is 1. The highest BCUT2D eigenvalue weighted by Crippen LogP contribution is 2.22. The number of esters is 1. The van der Waals surface area contributed by atoms with E-state index in [4.69, 9.17) is 15.9 Å². The Kier molecular flexibility index (Phi) is 12.3. The van der Waals surface area contributed by atoms with Gasteiger partial charge in [-0.25, -0.2) is 0 Å². The van der Waals surface area contributed by atoms with Crippen LogP contribution in [-0.4, -0.2) is 81.6 Å². The van der Waals surface area contributed by atoms with Gasteiger partial charge in [0.25, 0.3) is 0 Å². The van der Waals surface area contributed by atoms with Crippen LogP contribution in [0.2, 0.25) is 0 Å². The largest absolute Gasteiger partial charge is 0.480 e. The van der Waals surface area contributed by atoms with Gasteiger partial charge >= 0.3 is 23.9 Å². The fourth-order valence-electron chi connectivity index (χ4n) is 2.04. The number of carboxylic acid groups (broad SMARTS) is 3. The first-order valence-electron chi connectivity index (χ1n) is 8.38. The fourth-order valence-corrected chi connectivity index (χ4v) is 3.17. The van der Waals surface area contributed by atoms with Gasteiger partial charge in [0, 0.05) is 18.6 Å². The van der Waals surface area contributed by atoms with E-state index >= 15 is 0 Å². The lowest BCUT2D eigenvalue weighted by Gasteiger charge is -2.18. The quantitative estimate of drug-likeness (QED) is 0.190. The Morgan fingerprint density at radius 2 is 1.66 bits per heavy atom. The van der Waals surface area contributed by atoms with Gasteiger partial charge in [0.2, 0.25) is 5.91 Å². The van der Waals surface area contributed by atoms with Gasteiger partial charge in [-0.1, -0.05) is 0 Å². The Balaban J connectivity index is 5.03. The van der Waals surface area contributed by atoms with Gasteiger partial charge in [-0.2, -0.15) is 0 Å². The van der Waals surface area contributed by atoms with Crippen LogP contribution in [0.15, 0.2) is 0 Å². The molecule has 0 heterocycles. The zero-order valence-corrected chi connectivity index (χ0v) is 16.5. The molecule has 1 amide bonds. The lowest BCUT2D eigenvalue weighted by molar-refractivity contribution is -0.145. The topological polar surface area (TPSA) is 210 Å². The molecule has 0 unspecified atom stereocenters. The number of Topliss-reactive ketones (excluding diaryl/α,β-unsaturated/α-hetero) is 1. The number of rotatable bonds is 15. The van der Waals surface area contributed by atoms with Crippen LogP contribution in [0.1, 0.15) is 25.7 Å². The van der Waals surface area contributed by atoms with E-state index in [2.05, 4.69) is 10.1 Å². The number of methoxy groups -OCH3 is 1. The third-order valence-electron chi connectivity index (χ3n) is 3.66. The van der Waals surface area contributed by atoms with E-state index in [0.29, 0.717) is 0 Å². The number of carbonyl (C=O) groups is 6. The number of carboxylic acids is 3. The van der Waals surface area contributed by atoms with Crippen molar-refractivity contribution in [2.24, 2.45) is 11.7 Å². The van der Waals surface area contributed by atoms with Crippen LogP contribution in [0, 0.1) is 5.92 Å². The summed E-state index contributed by atoms with van der Waals surface area (Å²) in [7, 11) is 1.09. The molecule has 0 radical (unpaired) electrons.